The van der Waals surface area contributed by atoms with Gasteiger partial charge in [-0.25, -0.2) is 0 Å². The third-order valence-corrected chi connectivity index (χ3v) is 7.01. The molecule has 4 rings (SSSR count). The first kappa shape index (κ1) is 21.0. The Balaban J connectivity index is 1.41. The van der Waals surface area contributed by atoms with Crippen molar-refractivity contribution < 1.29 is 23.9 Å². The minimum atomic E-state index is -0.320. The van der Waals surface area contributed by atoms with E-state index >= 15 is 0 Å². The monoisotopic (exact) mass is 433 g/mol. The third-order valence-electron chi connectivity index (χ3n) is 6.15. The van der Waals surface area contributed by atoms with E-state index in [4.69, 9.17) is 9.47 Å². The van der Waals surface area contributed by atoms with Crippen LogP contribution in [0.15, 0.2) is 12.1 Å². The Morgan fingerprint density at radius 1 is 1.13 bits per heavy atom. The Hall–Kier alpha value is -2.26. The molecule has 1 aromatic carbocycles. The lowest BCUT2D eigenvalue weighted by molar-refractivity contribution is -0.138. The van der Waals surface area contributed by atoms with Gasteiger partial charge in [-0.2, -0.15) is 0 Å². The molecule has 0 saturated carbocycles. The average Bonchev–Trinajstić information content (AvgIpc) is 3.09. The van der Waals surface area contributed by atoms with Crippen molar-refractivity contribution in [3.8, 4) is 11.5 Å². The van der Waals surface area contributed by atoms with Crippen LogP contribution in [0.25, 0.3) is 0 Å². The molecule has 0 bridgehead atoms. The number of rotatable bonds is 5. The fourth-order valence-electron chi connectivity index (χ4n) is 4.47. The second kappa shape index (κ2) is 8.85. The van der Waals surface area contributed by atoms with Crippen molar-refractivity contribution in [2.24, 2.45) is 0 Å². The molecule has 0 radical (unpaired) electrons. The summed E-state index contributed by atoms with van der Waals surface area (Å²) < 4.78 is 10.9. The van der Waals surface area contributed by atoms with Gasteiger partial charge in [-0.3, -0.25) is 24.2 Å². The van der Waals surface area contributed by atoms with E-state index in [2.05, 4.69) is 11.0 Å². The van der Waals surface area contributed by atoms with Gasteiger partial charge in [0.1, 0.15) is 6.54 Å². The predicted octanol–water partition coefficient (Wildman–Crippen LogP) is 1.75. The lowest BCUT2D eigenvalue weighted by Gasteiger charge is -2.41. The molecular formula is C21H27N3O5S. The minimum absolute atomic E-state index is 0.135. The molecule has 1 aromatic rings. The van der Waals surface area contributed by atoms with Crippen LogP contribution < -0.4 is 9.47 Å². The minimum Gasteiger partial charge on any atom is -0.493 e. The van der Waals surface area contributed by atoms with Gasteiger partial charge in [0, 0.05) is 32.2 Å². The number of hydrogen-bond acceptors (Lipinski definition) is 7. The van der Waals surface area contributed by atoms with Crippen LogP contribution in [0.3, 0.4) is 0 Å². The number of piperidine rings is 1. The van der Waals surface area contributed by atoms with Crippen molar-refractivity contribution in [2.45, 2.75) is 31.8 Å². The summed E-state index contributed by atoms with van der Waals surface area (Å²) in [5.41, 5.74) is 2.50. The second-order valence-electron chi connectivity index (χ2n) is 7.87. The van der Waals surface area contributed by atoms with Crippen molar-refractivity contribution in [2.75, 3.05) is 46.2 Å². The van der Waals surface area contributed by atoms with Crippen LogP contribution in [-0.2, 0) is 22.6 Å². The average molecular weight is 434 g/mol. The number of ether oxygens (including phenoxy) is 2. The number of thioether (sulfide) groups is 1. The molecule has 0 spiro atoms. The number of hydrogen-bond donors (Lipinski definition) is 0. The predicted molar refractivity (Wildman–Crippen MR) is 113 cm³/mol. The Labute approximate surface area is 180 Å². The molecule has 3 aliphatic heterocycles. The van der Waals surface area contributed by atoms with Gasteiger partial charge >= 0.3 is 0 Å². The Kier molecular flexibility index (Phi) is 6.19. The van der Waals surface area contributed by atoms with Gasteiger partial charge in [-0.05, 0) is 42.5 Å². The maximum atomic E-state index is 12.7. The van der Waals surface area contributed by atoms with Crippen LogP contribution in [-0.4, -0.2) is 83.9 Å². The number of likely N-dealkylation sites (tertiary alicyclic amines) is 1. The summed E-state index contributed by atoms with van der Waals surface area (Å²) in [6.45, 7) is 2.90. The number of fused-ring (bicyclic) bond motifs is 1. The van der Waals surface area contributed by atoms with Crippen molar-refractivity contribution in [3.05, 3.63) is 23.3 Å². The zero-order valence-electron chi connectivity index (χ0n) is 17.4. The number of methoxy groups -OCH3 is 2. The van der Waals surface area contributed by atoms with E-state index < -0.39 is 0 Å². The largest absolute Gasteiger partial charge is 0.493 e. The highest BCUT2D eigenvalue weighted by Crippen LogP contribution is 2.34. The third kappa shape index (κ3) is 4.13. The molecule has 3 amide bonds. The Morgan fingerprint density at radius 3 is 2.53 bits per heavy atom. The topological polar surface area (TPSA) is 79.4 Å². The van der Waals surface area contributed by atoms with Crippen molar-refractivity contribution >= 4 is 28.8 Å². The Morgan fingerprint density at radius 2 is 1.87 bits per heavy atom. The standard InChI is InChI=1S/C21H27N3O5S/c1-28-17-8-14-5-7-22(10-15(14)9-18(17)29-2)16-4-3-6-23(11-16)19(25)12-24-20(26)13-30-21(24)27/h8-9,16H,3-7,10-13H2,1-2H3. The number of carbonyl (C=O) groups is 3. The van der Waals surface area contributed by atoms with E-state index in [9.17, 15) is 14.4 Å². The molecule has 3 aliphatic rings. The zero-order chi connectivity index (χ0) is 21.3. The molecule has 2 fully saturated rings. The van der Waals surface area contributed by atoms with E-state index in [0.29, 0.717) is 13.1 Å². The van der Waals surface area contributed by atoms with Gasteiger partial charge in [0.05, 0.1) is 20.0 Å². The maximum Gasteiger partial charge on any atom is 0.289 e. The van der Waals surface area contributed by atoms with Gasteiger partial charge in [0.25, 0.3) is 5.24 Å². The summed E-state index contributed by atoms with van der Waals surface area (Å²) in [6, 6.07) is 4.38. The van der Waals surface area contributed by atoms with Crippen LogP contribution in [0.1, 0.15) is 24.0 Å². The zero-order valence-corrected chi connectivity index (χ0v) is 18.2. The van der Waals surface area contributed by atoms with E-state index in [0.717, 1.165) is 60.5 Å². The molecule has 162 valence electrons. The summed E-state index contributed by atoms with van der Waals surface area (Å²) >= 11 is 0.964. The lowest BCUT2D eigenvalue weighted by Crippen LogP contribution is -2.53. The van der Waals surface area contributed by atoms with Crippen LogP contribution >= 0.6 is 11.8 Å². The fourth-order valence-corrected chi connectivity index (χ4v) is 5.19. The van der Waals surface area contributed by atoms with Gasteiger partial charge in [-0.1, -0.05) is 11.8 Å². The number of nitrogens with zero attached hydrogens (tertiary/aromatic N) is 3. The van der Waals surface area contributed by atoms with Crippen molar-refractivity contribution in [1.29, 1.82) is 0 Å². The number of imide groups is 1. The summed E-state index contributed by atoms with van der Waals surface area (Å²) in [6.07, 6.45) is 2.88. The molecule has 1 unspecified atom stereocenters. The molecular weight excluding hydrogens is 406 g/mol. The second-order valence-corrected chi connectivity index (χ2v) is 8.79. The molecule has 0 N–H and O–H groups in total. The van der Waals surface area contributed by atoms with E-state index in [1.807, 2.05) is 11.0 Å². The Bertz CT molecular complexity index is 845. The van der Waals surface area contributed by atoms with Gasteiger partial charge in [0.15, 0.2) is 11.5 Å². The van der Waals surface area contributed by atoms with E-state index in [1.54, 1.807) is 14.2 Å². The highest BCUT2D eigenvalue weighted by atomic mass is 32.2. The molecule has 2 saturated heterocycles. The maximum absolute atomic E-state index is 12.7. The van der Waals surface area contributed by atoms with Gasteiger partial charge in [0.2, 0.25) is 11.8 Å². The summed E-state index contributed by atoms with van der Waals surface area (Å²) in [5, 5.41) is -0.320. The molecule has 30 heavy (non-hydrogen) atoms. The summed E-state index contributed by atoms with van der Waals surface area (Å²) in [4.78, 5) is 41.7. The number of benzene rings is 1. The normalized spacial score (nSPS) is 22.3. The highest BCUT2D eigenvalue weighted by Gasteiger charge is 2.35. The SMILES string of the molecule is COc1cc2c(cc1OC)CN(C1CCCN(C(=O)CN3C(=O)CSC3=O)C1)CC2. The lowest BCUT2D eigenvalue weighted by atomic mass is 9.95. The van der Waals surface area contributed by atoms with E-state index in [1.165, 1.54) is 11.1 Å². The first-order valence-corrected chi connectivity index (χ1v) is 11.2. The number of carbonyl (C=O) groups excluding carboxylic acids is 3. The molecule has 3 heterocycles. The van der Waals surface area contributed by atoms with Crippen LogP contribution in [0.5, 0.6) is 11.5 Å². The first-order chi connectivity index (χ1) is 14.5. The van der Waals surface area contributed by atoms with Gasteiger partial charge in [-0.15, -0.1) is 0 Å². The molecule has 0 aliphatic carbocycles. The van der Waals surface area contributed by atoms with Crippen molar-refractivity contribution in [3.63, 3.8) is 0 Å². The van der Waals surface area contributed by atoms with Gasteiger partial charge < -0.3 is 14.4 Å². The molecule has 9 heteroatoms. The summed E-state index contributed by atoms with van der Waals surface area (Å²) in [5.74, 6) is 1.20. The van der Waals surface area contributed by atoms with E-state index in [-0.39, 0.29) is 35.4 Å². The quantitative estimate of drug-likeness (QED) is 0.700. The fraction of sp³-hybridized carbons (Fsp3) is 0.571. The molecule has 0 aromatic heterocycles. The first-order valence-electron chi connectivity index (χ1n) is 10.2. The molecule has 1 atom stereocenters. The number of amides is 3. The van der Waals surface area contributed by atoms with Crippen LogP contribution in [0, 0.1) is 0 Å². The smallest absolute Gasteiger partial charge is 0.289 e. The highest BCUT2D eigenvalue weighted by molar-refractivity contribution is 8.14. The van der Waals surface area contributed by atoms with Crippen LogP contribution in [0.4, 0.5) is 4.79 Å². The molecule has 8 nitrogen and oxygen atoms in total. The van der Waals surface area contributed by atoms with Crippen molar-refractivity contribution in [1.82, 2.24) is 14.7 Å². The van der Waals surface area contributed by atoms with Crippen LogP contribution in [0.2, 0.25) is 0 Å². The summed E-state index contributed by atoms with van der Waals surface area (Å²) in [7, 11) is 3.29.